The zero-order chi connectivity index (χ0) is 20.5. The first kappa shape index (κ1) is 22.1. The van der Waals surface area contributed by atoms with Crippen LogP contribution < -0.4 is 20.1 Å². The van der Waals surface area contributed by atoms with Crippen LogP contribution in [0.15, 0.2) is 46.9 Å². The summed E-state index contributed by atoms with van der Waals surface area (Å²) in [5.74, 6) is 1.25. The molecular formula is C20H23BrN2O4S. The van der Waals surface area contributed by atoms with Crippen LogP contribution in [-0.4, -0.2) is 44.1 Å². The van der Waals surface area contributed by atoms with Gasteiger partial charge in [0.15, 0.2) is 0 Å². The van der Waals surface area contributed by atoms with E-state index in [1.54, 1.807) is 62.4 Å². The molecule has 6 nitrogen and oxygen atoms in total. The van der Waals surface area contributed by atoms with Gasteiger partial charge >= 0.3 is 0 Å². The van der Waals surface area contributed by atoms with Gasteiger partial charge < -0.3 is 20.1 Å². The van der Waals surface area contributed by atoms with Gasteiger partial charge in [-0.3, -0.25) is 9.59 Å². The van der Waals surface area contributed by atoms with E-state index in [0.29, 0.717) is 33.6 Å². The molecule has 1 unspecified atom stereocenters. The average Bonchev–Trinajstić information content (AvgIpc) is 2.70. The molecule has 2 N–H and O–H groups in total. The molecular weight excluding hydrogens is 444 g/mol. The highest BCUT2D eigenvalue weighted by Crippen LogP contribution is 2.26. The maximum atomic E-state index is 12.8. The van der Waals surface area contributed by atoms with Crippen LogP contribution in [0.2, 0.25) is 0 Å². The van der Waals surface area contributed by atoms with Gasteiger partial charge in [-0.05, 0) is 46.5 Å². The topological polar surface area (TPSA) is 76.7 Å². The number of hydrogen-bond donors (Lipinski definition) is 2. The minimum Gasteiger partial charge on any atom is -0.497 e. The van der Waals surface area contributed by atoms with Gasteiger partial charge in [0, 0.05) is 28.4 Å². The number of benzene rings is 2. The van der Waals surface area contributed by atoms with Crippen LogP contribution in [0.4, 0.5) is 5.69 Å². The summed E-state index contributed by atoms with van der Waals surface area (Å²) in [5, 5.41) is 5.67. The second-order valence-corrected chi connectivity index (χ2v) is 7.72. The number of amides is 2. The van der Waals surface area contributed by atoms with Crippen LogP contribution in [-0.2, 0) is 4.79 Å². The summed E-state index contributed by atoms with van der Waals surface area (Å²) in [7, 11) is 3.08. The van der Waals surface area contributed by atoms with Crippen molar-refractivity contribution in [3.8, 4) is 11.5 Å². The lowest BCUT2D eigenvalue weighted by Gasteiger charge is -2.19. The second-order valence-electron chi connectivity index (χ2n) is 5.88. The van der Waals surface area contributed by atoms with E-state index < -0.39 is 6.04 Å². The lowest BCUT2D eigenvalue weighted by Crippen LogP contribution is -2.44. The minimum atomic E-state index is -0.677. The van der Waals surface area contributed by atoms with E-state index >= 15 is 0 Å². The maximum Gasteiger partial charge on any atom is 0.253 e. The molecule has 0 heterocycles. The fraction of sp³-hybridized carbons (Fsp3) is 0.300. The molecule has 0 spiro atoms. The molecule has 0 fully saturated rings. The summed E-state index contributed by atoms with van der Waals surface area (Å²) < 4.78 is 11.1. The number of halogens is 1. The third-order valence-corrected chi connectivity index (χ3v) is 5.31. The lowest BCUT2D eigenvalue weighted by atomic mass is 10.1. The van der Waals surface area contributed by atoms with Gasteiger partial charge in [0.05, 0.1) is 19.8 Å². The highest BCUT2D eigenvalue weighted by Gasteiger charge is 2.22. The zero-order valence-electron chi connectivity index (χ0n) is 16.0. The number of carbonyl (C=O) groups is 2. The summed E-state index contributed by atoms with van der Waals surface area (Å²) in [6, 6.07) is 11.5. The Kier molecular flexibility index (Phi) is 8.66. The van der Waals surface area contributed by atoms with Crippen LogP contribution in [0.25, 0.3) is 0 Å². The van der Waals surface area contributed by atoms with Gasteiger partial charge in [0.2, 0.25) is 5.91 Å². The zero-order valence-corrected chi connectivity index (χ0v) is 18.4. The Balaban J connectivity index is 2.17. The molecule has 2 rings (SSSR count). The molecule has 0 aromatic heterocycles. The van der Waals surface area contributed by atoms with Crippen LogP contribution in [0.1, 0.15) is 16.8 Å². The number of anilines is 1. The fourth-order valence-electron chi connectivity index (χ4n) is 2.49. The summed E-state index contributed by atoms with van der Waals surface area (Å²) in [6.07, 6.45) is 2.46. The molecule has 150 valence electrons. The third kappa shape index (κ3) is 6.17. The Morgan fingerprint density at radius 1 is 1.11 bits per heavy atom. The van der Waals surface area contributed by atoms with Crippen molar-refractivity contribution in [2.75, 3.05) is 31.5 Å². The highest BCUT2D eigenvalue weighted by molar-refractivity contribution is 9.10. The van der Waals surface area contributed by atoms with Crippen molar-refractivity contribution in [3.05, 3.63) is 52.5 Å². The molecule has 0 aliphatic heterocycles. The van der Waals surface area contributed by atoms with Crippen molar-refractivity contribution in [2.24, 2.45) is 0 Å². The number of carbonyl (C=O) groups excluding carboxylic acids is 2. The van der Waals surface area contributed by atoms with Crippen molar-refractivity contribution in [3.63, 3.8) is 0 Å². The molecule has 0 saturated carbocycles. The number of methoxy groups -OCH3 is 2. The number of thioether (sulfide) groups is 1. The Morgan fingerprint density at radius 2 is 1.75 bits per heavy atom. The molecule has 0 bridgehead atoms. The van der Waals surface area contributed by atoms with Gasteiger partial charge in [-0.1, -0.05) is 12.1 Å². The number of rotatable bonds is 9. The fourth-order valence-corrected chi connectivity index (χ4v) is 3.43. The van der Waals surface area contributed by atoms with Crippen LogP contribution in [0.3, 0.4) is 0 Å². The van der Waals surface area contributed by atoms with E-state index in [2.05, 4.69) is 26.6 Å². The summed E-state index contributed by atoms with van der Waals surface area (Å²) in [5.41, 5.74) is 1.01. The van der Waals surface area contributed by atoms with Crippen molar-refractivity contribution < 1.29 is 19.1 Å². The van der Waals surface area contributed by atoms with Crippen molar-refractivity contribution in [1.29, 1.82) is 0 Å². The van der Waals surface area contributed by atoms with Gasteiger partial charge in [0.1, 0.15) is 17.5 Å². The number of hydrogen-bond acceptors (Lipinski definition) is 5. The van der Waals surface area contributed by atoms with Gasteiger partial charge in [0.25, 0.3) is 5.91 Å². The van der Waals surface area contributed by atoms with Crippen molar-refractivity contribution in [2.45, 2.75) is 12.5 Å². The Labute approximate surface area is 177 Å². The molecule has 0 aliphatic rings. The van der Waals surface area contributed by atoms with E-state index in [4.69, 9.17) is 9.47 Å². The normalized spacial score (nSPS) is 11.4. The first-order chi connectivity index (χ1) is 13.5. The van der Waals surface area contributed by atoms with Gasteiger partial charge in [-0.25, -0.2) is 0 Å². The molecule has 8 heteroatoms. The van der Waals surface area contributed by atoms with Gasteiger partial charge in [-0.2, -0.15) is 11.8 Å². The molecule has 0 radical (unpaired) electrons. The quantitative estimate of drug-likeness (QED) is 0.584. The first-order valence-corrected chi connectivity index (χ1v) is 10.8. The largest absolute Gasteiger partial charge is 0.497 e. The number of nitrogens with one attached hydrogen (secondary N) is 2. The van der Waals surface area contributed by atoms with E-state index in [-0.39, 0.29) is 11.8 Å². The van der Waals surface area contributed by atoms with Crippen LogP contribution in [0.5, 0.6) is 11.5 Å². The average molecular weight is 467 g/mol. The van der Waals surface area contributed by atoms with Crippen molar-refractivity contribution in [1.82, 2.24) is 5.32 Å². The molecule has 2 aromatic rings. The second kappa shape index (κ2) is 11.0. The smallest absolute Gasteiger partial charge is 0.253 e. The van der Waals surface area contributed by atoms with E-state index in [1.807, 2.05) is 12.3 Å². The van der Waals surface area contributed by atoms with Gasteiger partial charge in [-0.15, -0.1) is 0 Å². The number of ether oxygens (including phenoxy) is 2. The van der Waals surface area contributed by atoms with Crippen LogP contribution in [0, 0.1) is 0 Å². The Morgan fingerprint density at radius 3 is 2.32 bits per heavy atom. The van der Waals surface area contributed by atoms with Crippen LogP contribution >= 0.6 is 27.7 Å². The molecule has 0 aliphatic carbocycles. The maximum absolute atomic E-state index is 12.8. The first-order valence-electron chi connectivity index (χ1n) is 8.56. The summed E-state index contributed by atoms with van der Waals surface area (Å²) in [4.78, 5) is 25.5. The molecule has 28 heavy (non-hydrogen) atoms. The predicted molar refractivity (Wildman–Crippen MR) is 117 cm³/mol. The standard InChI is InChI=1S/C20H23BrN2O4S/c1-26-14-10-13(11-15(12-14)27-2)22-20(25)18(8-9-28-3)23-19(24)16-6-4-5-7-17(16)21/h4-7,10-12,18H,8-9H2,1-3H3,(H,22,25)(H,23,24). The SMILES string of the molecule is COc1cc(NC(=O)C(CCSC)NC(=O)c2ccccc2Br)cc(OC)c1. The summed E-state index contributed by atoms with van der Waals surface area (Å²) >= 11 is 4.98. The highest BCUT2D eigenvalue weighted by atomic mass is 79.9. The Bertz CT molecular complexity index is 809. The third-order valence-electron chi connectivity index (χ3n) is 3.97. The predicted octanol–water partition coefficient (Wildman–Crippen LogP) is 3.96. The van der Waals surface area contributed by atoms with Crippen molar-refractivity contribution >= 4 is 45.2 Å². The van der Waals surface area contributed by atoms with E-state index in [9.17, 15) is 9.59 Å². The lowest BCUT2D eigenvalue weighted by molar-refractivity contribution is -0.118. The molecule has 2 amide bonds. The Hall–Kier alpha value is -2.19. The molecule has 1 atom stereocenters. The molecule has 0 saturated heterocycles. The molecule has 2 aromatic carbocycles. The van der Waals surface area contributed by atoms with E-state index in [1.165, 1.54) is 0 Å². The minimum absolute atomic E-state index is 0.301. The summed E-state index contributed by atoms with van der Waals surface area (Å²) in [6.45, 7) is 0. The van der Waals surface area contributed by atoms with E-state index in [0.717, 1.165) is 5.75 Å². The monoisotopic (exact) mass is 466 g/mol.